The number of nitrogens with zero attached hydrogens (tertiary/aromatic N) is 7. The number of phenolic OH excluding ortho intramolecular Hbond substituents is 1. The third kappa shape index (κ3) is 5.73. The van der Waals surface area contributed by atoms with Gasteiger partial charge in [0, 0.05) is 50.5 Å². The van der Waals surface area contributed by atoms with Gasteiger partial charge in [0.25, 0.3) is 0 Å². The van der Waals surface area contributed by atoms with Gasteiger partial charge in [0.15, 0.2) is 5.82 Å². The zero-order valence-electron chi connectivity index (χ0n) is 20.9. The number of benzene rings is 1. The number of phenols is 1. The molecule has 2 aliphatic heterocycles. The van der Waals surface area contributed by atoms with E-state index in [1.807, 2.05) is 29.2 Å². The van der Waals surface area contributed by atoms with Crippen molar-refractivity contribution >= 4 is 17.3 Å². The molecule has 0 spiro atoms. The Labute approximate surface area is 216 Å². The molecule has 2 fully saturated rings. The van der Waals surface area contributed by atoms with Gasteiger partial charge < -0.3 is 20.6 Å². The normalized spacial score (nSPS) is 20.4. The average molecular weight is 503 g/mol. The van der Waals surface area contributed by atoms with E-state index >= 15 is 0 Å². The number of aromatic hydroxyl groups is 1. The summed E-state index contributed by atoms with van der Waals surface area (Å²) >= 11 is 0. The van der Waals surface area contributed by atoms with Crippen LogP contribution < -0.4 is 15.5 Å². The van der Waals surface area contributed by atoms with Crippen LogP contribution in [0.4, 0.5) is 21.7 Å². The summed E-state index contributed by atoms with van der Waals surface area (Å²) < 4.78 is 13.4. The highest BCUT2D eigenvalue weighted by Crippen LogP contribution is 2.32. The quantitative estimate of drug-likeness (QED) is 0.521. The highest BCUT2D eigenvalue weighted by molar-refractivity contribution is 5.74. The molecule has 3 aromatic rings. The summed E-state index contributed by atoms with van der Waals surface area (Å²) in [6.45, 7) is 6.12. The van der Waals surface area contributed by atoms with E-state index in [1.165, 1.54) is 0 Å². The molecule has 9 nitrogen and oxygen atoms in total. The second-order valence-electron chi connectivity index (χ2n) is 9.50. The minimum Gasteiger partial charge on any atom is -0.507 e. The van der Waals surface area contributed by atoms with Crippen molar-refractivity contribution in [2.45, 2.75) is 32.0 Å². The van der Waals surface area contributed by atoms with Gasteiger partial charge in [-0.3, -0.25) is 4.90 Å². The maximum absolute atomic E-state index is 13.4. The number of hydrogen-bond donors (Lipinski definition) is 2. The van der Waals surface area contributed by atoms with Crippen molar-refractivity contribution in [2.24, 2.45) is 0 Å². The van der Waals surface area contributed by atoms with Crippen LogP contribution in [0.5, 0.6) is 5.75 Å². The lowest BCUT2D eigenvalue weighted by Crippen LogP contribution is -2.35. The molecule has 192 valence electrons. The Bertz CT molecular complexity index is 1310. The van der Waals surface area contributed by atoms with Gasteiger partial charge in [-0.1, -0.05) is 18.1 Å². The third-order valence-corrected chi connectivity index (χ3v) is 6.93. The van der Waals surface area contributed by atoms with Crippen molar-refractivity contribution in [1.29, 1.82) is 0 Å². The second-order valence-corrected chi connectivity index (χ2v) is 9.50. The maximum Gasteiger partial charge on any atom is 0.206 e. The van der Waals surface area contributed by atoms with Crippen LogP contribution in [-0.4, -0.2) is 81.7 Å². The molecule has 5 rings (SSSR count). The summed E-state index contributed by atoms with van der Waals surface area (Å²) in [6, 6.07) is 11.1. The molecule has 0 amide bonds. The number of rotatable bonds is 4. The molecule has 2 atom stereocenters. The molecule has 10 heteroatoms. The number of nitrogen functional groups attached to an aromatic ring is 1. The van der Waals surface area contributed by atoms with Crippen LogP contribution in [0, 0.1) is 11.8 Å². The highest BCUT2D eigenvalue weighted by Gasteiger charge is 2.25. The van der Waals surface area contributed by atoms with Crippen molar-refractivity contribution in [1.82, 2.24) is 25.1 Å². The van der Waals surface area contributed by atoms with Crippen LogP contribution in [0.1, 0.15) is 25.6 Å². The zero-order chi connectivity index (χ0) is 25.8. The first-order valence-electron chi connectivity index (χ1n) is 12.6. The minimum absolute atomic E-state index is 0.151. The number of aromatic nitrogens is 4. The van der Waals surface area contributed by atoms with Gasteiger partial charge in [0.2, 0.25) is 5.82 Å². The standard InChI is InChI=1S/C27H31FN8O/c1-19-9-14-35(23-17-22(32-33-27(23)29)21-5-2-3-6-24(21)37)15-16-36(19)26-8-11-30-25(31-26)7-4-12-34-13-10-20(28)18-34/h2-3,5-6,8,11,17,19-20,37H,9-10,12-16,18H2,1H3,(H2,29,33)/t19-,20-/m1/s1. The maximum atomic E-state index is 13.4. The lowest BCUT2D eigenvalue weighted by Gasteiger charge is -2.28. The van der Waals surface area contributed by atoms with Gasteiger partial charge in [0.1, 0.15) is 17.7 Å². The Morgan fingerprint density at radius 2 is 1.97 bits per heavy atom. The summed E-state index contributed by atoms with van der Waals surface area (Å²) in [5.74, 6) is 7.93. The first kappa shape index (κ1) is 24.7. The fraction of sp³-hybridized carbons (Fsp3) is 0.407. The van der Waals surface area contributed by atoms with Gasteiger partial charge in [-0.25, -0.2) is 14.4 Å². The number of alkyl halides is 1. The molecule has 0 unspecified atom stereocenters. The van der Waals surface area contributed by atoms with Crippen LogP contribution in [0.2, 0.25) is 0 Å². The number of halogens is 1. The van der Waals surface area contributed by atoms with Crippen molar-refractivity contribution in [3.05, 3.63) is 48.4 Å². The molecule has 4 heterocycles. The molecule has 0 bridgehead atoms. The van der Waals surface area contributed by atoms with E-state index in [0.717, 1.165) is 37.6 Å². The number of para-hydroxylation sites is 1. The Morgan fingerprint density at radius 3 is 2.78 bits per heavy atom. The SMILES string of the molecule is C[C@@H]1CCN(c2cc(-c3ccccc3O)nnc2N)CCN1c1ccnc(C#CCN2CC[C@@H](F)C2)n1. The molecule has 37 heavy (non-hydrogen) atoms. The lowest BCUT2D eigenvalue weighted by molar-refractivity contribution is 0.308. The summed E-state index contributed by atoms with van der Waals surface area (Å²) in [5.41, 5.74) is 8.23. The lowest BCUT2D eigenvalue weighted by atomic mass is 10.1. The molecular formula is C27H31FN8O. The third-order valence-electron chi connectivity index (χ3n) is 6.93. The Balaban J connectivity index is 1.30. The van der Waals surface area contributed by atoms with Crippen LogP contribution in [0.3, 0.4) is 0 Å². The fourth-order valence-electron chi connectivity index (χ4n) is 4.84. The van der Waals surface area contributed by atoms with Gasteiger partial charge in [0.05, 0.1) is 17.9 Å². The average Bonchev–Trinajstić information content (AvgIpc) is 3.21. The molecule has 0 saturated carbocycles. The van der Waals surface area contributed by atoms with Gasteiger partial charge >= 0.3 is 0 Å². The summed E-state index contributed by atoms with van der Waals surface area (Å²) in [5, 5.41) is 18.6. The highest BCUT2D eigenvalue weighted by atomic mass is 19.1. The van der Waals surface area contributed by atoms with Crippen molar-refractivity contribution in [2.75, 3.05) is 54.8 Å². The molecule has 2 saturated heterocycles. The van der Waals surface area contributed by atoms with Gasteiger partial charge in [-0.05, 0) is 50.0 Å². The van der Waals surface area contributed by atoms with Crippen molar-refractivity contribution < 1.29 is 9.50 Å². The molecule has 2 aromatic heterocycles. The molecule has 2 aliphatic rings. The van der Waals surface area contributed by atoms with E-state index in [1.54, 1.807) is 18.3 Å². The Hall–Kier alpha value is -3.97. The topological polar surface area (TPSA) is 108 Å². The van der Waals surface area contributed by atoms with Gasteiger partial charge in [-0.15, -0.1) is 10.2 Å². The number of likely N-dealkylation sites (tertiary alicyclic amines) is 1. The van der Waals surface area contributed by atoms with E-state index in [4.69, 9.17) is 10.7 Å². The van der Waals surface area contributed by atoms with E-state index in [0.29, 0.717) is 49.0 Å². The van der Waals surface area contributed by atoms with E-state index in [9.17, 15) is 9.50 Å². The summed E-state index contributed by atoms with van der Waals surface area (Å²) in [7, 11) is 0. The number of hydrogen-bond acceptors (Lipinski definition) is 9. The molecule has 0 aliphatic carbocycles. The van der Waals surface area contributed by atoms with Crippen LogP contribution in [0.25, 0.3) is 11.3 Å². The predicted octanol–water partition coefficient (Wildman–Crippen LogP) is 2.72. The summed E-state index contributed by atoms with van der Waals surface area (Å²) in [6.07, 6.45) is 2.45. The molecular weight excluding hydrogens is 471 g/mol. The zero-order valence-corrected chi connectivity index (χ0v) is 20.9. The van der Waals surface area contributed by atoms with E-state index in [-0.39, 0.29) is 11.8 Å². The number of nitrogens with two attached hydrogens (primary N) is 1. The largest absolute Gasteiger partial charge is 0.507 e. The summed E-state index contributed by atoms with van der Waals surface area (Å²) in [4.78, 5) is 15.5. The van der Waals surface area contributed by atoms with E-state index in [2.05, 4.69) is 43.7 Å². The first-order chi connectivity index (χ1) is 18.0. The van der Waals surface area contributed by atoms with Crippen LogP contribution in [0.15, 0.2) is 42.6 Å². The molecule has 1 aromatic carbocycles. The number of anilines is 3. The first-order valence-corrected chi connectivity index (χ1v) is 12.6. The predicted molar refractivity (Wildman–Crippen MR) is 142 cm³/mol. The molecule has 0 radical (unpaired) electrons. The van der Waals surface area contributed by atoms with Crippen molar-refractivity contribution in [3.63, 3.8) is 0 Å². The minimum atomic E-state index is -0.749. The Kier molecular flexibility index (Phi) is 7.32. The Morgan fingerprint density at radius 1 is 1.11 bits per heavy atom. The second kappa shape index (κ2) is 11.0. The van der Waals surface area contributed by atoms with E-state index < -0.39 is 6.17 Å². The van der Waals surface area contributed by atoms with Crippen molar-refractivity contribution in [3.8, 4) is 28.8 Å². The van der Waals surface area contributed by atoms with Gasteiger partial charge in [-0.2, -0.15) is 0 Å². The smallest absolute Gasteiger partial charge is 0.206 e. The van der Waals surface area contributed by atoms with Crippen LogP contribution >= 0.6 is 0 Å². The van der Waals surface area contributed by atoms with Crippen LogP contribution in [-0.2, 0) is 0 Å². The molecule has 3 N–H and O–H groups in total. The fourth-order valence-corrected chi connectivity index (χ4v) is 4.84. The monoisotopic (exact) mass is 502 g/mol.